The molecule has 0 aromatic heterocycles. The number of carbonyl (C=O) groups is 1. The molecule has 0 aliphatic carbocycles. The van der Waals surface area contributed by atoms with Crippen molar-refractivity contribution in [2.75, 3.05) is 17.8 Å². The van der Waals surface area contributed by atoms with Gasteiger partial charge in [-0.3, -0.25) is 4.79 Å². The summed E-state index contributed by atoms with van der Waals surface area (Å²) in [5, 5.41) is 8.57. The number of carboxylic acids is 1. The Morgan fingerprint density at radius 2 is 1.94 bits per heavy atom. The molecule has 0 amide bonds. The zero-order valence-corrected chi connectivity index (χ0v) is 10.5. The lowest BCUT2D eigenvalue weighted by Gasteiger charge is -2.02. The summed E-state index contributed by atoms with van der Waals surface area (Å²) in [4.78, 5) is 10.4. The van der Waals surface area contributed by atoms with Crippen LogP contribution in [0.25, 0.3) is 0 Å². The zero-order chi connectivity index (χ0) is 11.8. The first kappa shape index (κ1) is 13.1. The van der Waals surface area contributed by atoms with E-state index in [9.17, 15) is 4.79 Å². The van der Waals surface area contributed by atoms with Crippen molar-refractivity contribution in [3.05, 3.63) is 35.9 Å². The molecule has 88 valence electrons. The molecule has 0 bridgehead atoms. The van der Waals surface area contributed by atoms with Crippen molar-refractivity contribution in [1.29, 1.82) is 0 Å². The molecule has 1 rings (SSSR count). The number of carboxylic acid groups (broad SMARTS) is 1. The van der Waals surface area contributed by atoms with Crippen LogP contribution >= 0.6 is 0 Å². The van der Waals surface area contributed by atoms with E-state index in [4.69, 9.17) is 5.11 Å². The van der Waals surface area contributed by atoms with Crippen LogP contribution < -0.4 is 0 Å². The summed E-state index contributed by atoms with van der Waals surface area (Å²) in [5.74, 6) is 1.29. The van der Waals surface area contributed by atoms with E-state index >= 15 is 0 Å². The van der Waals surface area contributed by atoms with Gasteiger partial charge in [-0.05, 0) is 29.3 Å². The molecular formula is C13H19O2S+. The largest absolute Gasteiger partial charge is 0.481 e. The van der Waals surface area contributed by atoms with Crippen molar-refractivity contribution in [3.8, 4) is 0 Å². The molecule has 1 N–H and O–H groups in total. The average Bonchev–Trinajstić information content (AvgIpc) is 2.28. The minimum Gasteiger partial charge on any atom is -0.481 e. The molecule has 1 atom stereocenters. The first-order valence-electron chi connectivity index (χ1n) is 5.53. The van der Waals surface area contributed by atoms with Gasteiger partial charge in [0.25, 0.3) is 0 Å². The van der Waals surface area contributed by atoms with E-state index < -0.39 is 5.97 Å². The molecule has 1 unspecified atom stereocenters. The minimum absolute atomic E-state index is 0.255. The van der Waals surface area contributed by atoms with E-state index in [0.717, 1.165) is 24.3 Å². The first-order chi connectivity index (χ1) is 7.68. The Kier molecular flexibility index (Phi) is 6.01. The minimum atomic E-state index is -0.678. The molecule has 0 saturated carbocycles. The highest BCUT2D eigenvalue weighted by molar-refractivity contribution is 7.96. The Bertz CT molecular complexity index is 311. The highest BCUT2D eigenvalue weighted by atomic mass is 32.2. The highest BCUT2D eigenvalue weighted by Gasteiger charge is 2.12. The summed E-state index contributed by atoms with van der Waals surface area (Å²) >= 11 is 0. The number of benzene rings is 1. The number of aliphatic carboxylic acids is 1. The van der Waals surface area contributed by atoms with Gasteiger partial charge in [0.05, 0.1) is 12.7 Å². The average molecular weight is 239 g/mol. The molecule has 0 radical (unpaired) electrons. The van der Waals surface area contributed by atoms with Gasteiger partial charge < -0.3 is 5.11 Å². The maximum Gasteiger partial charge on any atom is 0.308 e. The van der Waals surface area contributed by atoms with Gasteiger partial charge in [-0.1, -0.05) is 30.3 Å². The zero-order valence-electron chi connectivity index (χ0n) is 9.69. The molecule has 0 saturated heterocycles. The first-order valence-corrected chi connectivity index (χ1v) is 7.50. The smallest absolute Gasteiger partial charge is 0.308 e. The van der Waals surface area contributed by atoms with Crippen LogP contribution in [-0.4, -0.2) is 28.8 Å². The Morgan fingerprint density at radius 3 is 2.56 bits per heavy atom. The molecule has 0 aliphatic rings. The van der Waals surface area contributed by atoms with Crippen LogP contribution in [0.5, 0.6) is 0 Å². The van der Waals surface area contributed by atoms with Crippen LogP contribution in [0.15, 0.2) is 30.3 Å². The molecular weight excluding hydrogens is 220 g/mol. The van der Waals surface area contributed by atoms with E-state index in [-0.39, 0.29) is 10.9 Å². The van der Waals surface area contributed by atoms with Crippen molar-refractivity contribution in [2.45, 2.75) is 19.3 Å². The van der Waals surface area contributed by atoms with E-state index in [0.29, 0.717) is 6.42 Å². The Balaban J connectivity index is 2.13. The monoisotopic (exact) mass is 239 g/mol. The van der Waals surface area contributed by atoms with Crippen LogP contribution in [0.1, 0.15) is 18.4 Å². The Hall–Kier alpha value is -0.960. The van der Waals surface area contributed by atoms with Crippen molar-refractivity contribution >= 4 is 16.9 Å². The lowest BCUT2D eigenvalue weighted by molar-refractivity contribution is -0.136. The second-order valence-corrected chi connectivity index (χ2v) is 6.30. The topological polar surface area (TPSA) is 37.3 Å². The Labute approximate surface area is 100 Å². The summed E-state index contributed by atoms with van der Waals surface area (Å²) in [7, 11) is 0.255. The maximum atomic E-state index is 10.4. The molecule has 3 heteroatoms. The standard InChI is InChI=1S/C13H18O2S/c1-16(11-9-13(14)15)10-5-8-12-6-3-2-4-7-12/h2-4,6-7H,5,8-11H2,1H3/p+1. The van der Waals surface area contributed by atoms with Gasteiger partial charge in [-0.15, -0.1) is 0 Å². The van der Waals surface area contributed by atoms with Gasteiger partial charge in [-0.2, -0.15) is 0 Å². The quantitative estimate of drug-likeness (QED) is 0.742. The Morgan fingerprint density at radius 1 is 1.25 bits per heavy atom. The van der Waals surface area contributed by atoms with Crippen molar-refractivity contribution in [3.63, 3.8) is 0 Å². The fourth-order valence-electron chi connectivity index (χ4n) is 1.53. The molecule has 0 aliphatic heterocycles. The summed E-state index contributed by atoms with van der Waals surface area (Å²) in [6.07, 6.45) is 4.73. The number of rotatable bonds is 7. The fourth-order valence-corrected chi connectivity index (χ4v) is 2.90. The highest BCUT2D eigenvalue weighted by Crippen LogP contribution is 2.05. The van der Waals surface area contributed by atoms with Gasteiger partial charge >= 0.3 is 5.97 Å². The molecule has 16 heavy (non-hydrogen) atoms. The lowest BCUT2D eigenvalue weighted by atomic mass is 10.1. The molecule has 1 aromatic carbocycles. The van der Waals surface area contributed by atoms with Crippen LogP contribution in [0.3, 0.4) is 0 Å². The molecule has 0 fully saturated rings. The fraction of sp³-hybridized carbons (Fsp3) is 0.462. The van der Waals surface area contributed by atoms with E-state index in [2.05, 4.69) is 30.5 Å². The number of hydrogen-bond donors (Lipinski definition) is 1. The third-order valence-electron chi connectivity index (χ3n) is 2.47. The molecule has 0 heterocycles. The maximum absolute atomic E-state index is 10.4. The van der Waals surface area contributed by atoms with Gasteiger partial charge in [0, 0.05) is 0 Å². The second-order valence-electron chi connectivity index (χ2n) is 3.92. The SMILES string of the molecule is C[S+](CCCc1ccccc1)CCC(=O)O. The molecule has 0 spiro atoms. The lowest BCUT2D eigenvalue weighted by Crippen LogP contribution is -2.13. The van der Waals surface area contributed by atoms with Crippen LogP contribution in [-0.2, 0) is 22.1 Å². The third kappa shape index (κ3) is 5.81. The summed E-state index contributed by atoms with van der Waals surface area (Å²) < 4.78 is 0. The van der Waals surface area contributed by atoms with Crippen LogP contribution in [0.4, 0.5) is 0 Å². The number of hydrogen-bond acceptors (Lipinski definition) is 1. The van der Waals surface area contributed by atoms with Crippen LogP contribution in [0.2, 0.25) is 0 Å². The summed E-state index contributed by atoms with van der Waals surface area (Å²) in [6.45, 7) is 0. The van der Waals surface area contributed by atoms with Gasteiger partial charge in [0.2, 0.25) is 0 Å². The second kappa shape index (κ2) is 7.34. The normalized spacial score (nSPS) is 12.3. The van der Waals surface area contributed by atoms with Gasteiger partial charge in [0.15, 0.2) is 0 Å². The predicted octanol–water partition coefficient (Wildman–Crippen LogP) is 2.34. The van der Waals surface area contributed by atoms with Gasteiger partial charge in [0.1, 0.15) is 11.5 Å². The summed E-state index contributed by atoms with van der Waals surface area (Å²) in [6, 6.07) is 10.4. The van der Waals surface area contributed by atoms with E-state index in [1.165, 1.54) is 5.56 Å². The molecule has 2 nitrogen and oxygen atoms in total. The third-order valence-corrected chi connectivity index (χ3v) is 4.35. The van der Waals surface area contributed by atoms with E-state index in [1.54, 1.807) is 0 Å². The summed E-state index contributed by atoms with van der Waals surface area (Å²) in [5.41, 5.74) is 1.37. The van der Waals surface area contributed by atoms with Crippen molar-refractivity contribution in [1.82, 2.24) is 0 Å². The van der Waals surface area contributed by atoms with Crippen molar-refractivity contribution in [2.24, 2.45) is 0 Å². The molecule has 1 aromatic rings. The number of aryl methyl sites for hydroxylation is 1. The van der Waals surface area contributed by atoms with Gasteiger partial charge in [-0.25, -0.2) is 0 Å². The predicted molar refractivity (Wildman–Crippen MR) is 70.0 cm³/mol. The van der Waals surface area contributed by atoms with Crippen LogP contribution in [0, 0.1) is 0 Å². The van der Waals surface area contributed by atoms with Crippen molar-refractivity contribution < 1.29 is 9.90 Å². The van der Waals surface area contributed by atoms with E-state index in [1.807, 2.05) is 6.07 Å².